The van der Waals surface area contributed by atoms with E-state index in [0.717, 1.165) is 12.1 Å². The average molecular weight is 355 g/mol. The Morgan fingerprint density at radius 1 is 1.29 bits per heavy atom. The van der Waals surface area contributed by atoms with Gasteiger partial charge in [-0.1, -0.05) is 22.0 Å². The molecule has 1 aromatic heterocycles. The first-order valence-electron chi connectivity index (χ1n) is 6.36. The normalized spacial score (nSPS) is 10.5. The van der Waals surface area contributed by atoms with Crippen LogP contribution in [0.5, 0.6) is 0 Å². The molecule has 0 aliphatic heterocycles. The topological polar surface area (TPSA) is 33.2 Å². The summed E-state index contributed by atoms with van der Waals surface area (Å²) in [7, 11) is 0. The smallest absolute Gasteiger partial charge is 0.260 e. The van der Waals surface area contributed by atoms with Gasteiger partial charge in [-0.15, -0.1) is 0 Å². The number of aromatic nitrogens is 1. The highest BCUT2D eigenvalue weighted by molar-refractivity contribution is 9.10. The van der Waals surface area contributed by atoms with Gasteiger partial charge in [0.2, 0.25) is 0 Å². The summed E-state index contributed by atoms with van der Waals surface area (Å²) in [6, 6.07) is 7.46. The fourth-order valence-corrected chi connectivity index (χ4v) is 2.32. The van der Waals surface area contributed by atoms with Crippen LogP contribution in [0.25, 0.3) is 0 Å². The van der Waals surface area contributed by atoms with Gasteiger partial charge in [-0.2, -0.15) is 0 Å². The summed E-state index contributed by atoms with van der Waals surface area (Å²) in [6.07, 6.45) is 1.61. The van der Waals surface area contributed by atoms with Crippen molar-refractivity contribution in [3.63, 3.8) is 0 Å². The van der Waals surface area contributed by atoms with Crippen molar-refractivity contribution in [1.29, 1.82) is 0 Å². The molecule has 0 aliphatic carbocycles. The third-order valence-electron chi connectivity index (χ3n) is 2.97. The van der Waals surface area contributed by atoms with Gasteiger partial charge in [0.05, 0.1) is 12.2 Å². The zero-order valence-corrected chi connectivity index (χ0v) is 12.9. The van der Waals surface area contributed by atoms with E-state index in [9.17, 15) is 13.6 Å². The predicted molar refractivity (Wildman–Crippen MR) is 78.7 cm³/mol. The fraction of sp³-hybridized carbons (Fsp3) is 0.200. The lowest BCUT2D eigenvalue weighted by molar-refractivity contribution is 0.0740. The molecule has 6 heteroatoms. The summed E-state index contributed by atoms with van der Waals surface area (Å²) in [5.41, 5.74) is 0.113. The molecule has 2 aromatic rings. The van der Waals surface area contributed by atoms with Crippen LogP contribution in [-0.2, 0) is 6.54 Å². The van der Waals surface area contributed by atoms with Gasteiger partial charge < -0.3 is 4.90 Å². The van der Waals surface area contributed by atoms with Crippen LogP contribution in [0.15, 0.2) is 41.0 Å². The third-order valence-corrected chi connectivity index (χ3v) is 3.43. The first-order valence-corrected chi connectivity index (χ1v) is 7.16. The number of amides is 1. The summed E-state index contributed by atoms with van der Waals surface area (Å²) >= 11 is 2.99. The molecule has 0 bridgehead atoms. The molecular formula is C15H13BrF2N2O. The molecule has 110 valence electrons. The summed E-state index contributed by atoms with van der Waals surface area (Å²) in [6.45, 7) is 2.27. The minimum atomic E-state index is -0.883. The Morgan fingerprint density at radius 3 is 2.48 bits per heavy atom. The third kappa shape index (κ3) is 3.64. The Kier molecular flexibility index (Phi) is 5.01. The maximum Gasteiger partial charge on any atom is 0.260 e. The van der Waals surface area contributed by atoms with E-state index in [2.05, 4.69) is 20.9 Å². The molecule has 3 nitrogen and oxygen atoms in total. The SMILES string of the molecule is CCN(Cc1ccccn1)C(=O)c1c(F)cc(Br)cc1F. The van der Waals surface area contributed by atoms with E-state index in [1.807, 2.05) is 0 Å². The lowest BCUT2D eigenvalue weighted by Crippen LogP contribution is -2.32. The summed E-state index contributed by atoms with van der Waals surface area (Å²) in [5, 5.41) is 0. The van der Waals surface area contributed by atoms with Gasteiger partial charge >= 0.3 is 0 Å². The van der Waals surface area contributed by atoms with Crippen molar-refractivity contribution in [2.45, 2.75) is 13.5 Å². The second-order valence-corrected chi connectivity index (χ2v) is 5.30. The number of hydrogen-bond donors (Lipinski definition) is 0. The second kappa shape index (κ2) is 6.76. The van der Waals surface area contributed by atoms with Gasteiger partial charge in [0, 0.05) is 17.2 Å². The highest BCUT2D eigenvalue weighted by Crippen LogP contribution is 2.21. The monoisotopic (exact) mass is 354 g/mol. The molecule has 21 heavy (non-hydrogen) atoms. The van der Waals surface area contributed by atoms with E-state index in [-0.39, 0.29) is 11.0 Å². The van der Waals surface area contributed by atoms with Crippen molar-refractivity contribution in [1.82, 2.24) is 9.88 Å². The lowest BCUT2D eigenvalue weighted by Gasteiger charge is -2.21. The number of hydrogen-bond acceptors (Lipinski definition) is 2. The Morgan fingerprint density at radius 2 is 1.95 bits per heavy atom. The number of rotatable bonds is 4. The number of benzene rings is 1. The van der Waals surface area contributed by atoms with Crippen molar-refractivity contribution in [3.05, 3.63) is 63.9 Å². The second-order valence-electron chi connectivity index (χ2n) is 4.38. The van der Waals surface area contributed by atoms with E-state index in [0.29, 0.717) is 12.2 Å². The summed E-state index contributed by atoms with van der Waals surface area (Å²) < 4.78 is 28.0. The number of carbonyl (C=O) groups is 1. The Hall–Kier alpha value is -1.82. The number of nitrogens with zero attached hydrogens (tertiary/aromatic N) is 2. The molecule has 1 heterocycles. The Balaban J connectivity index is 2.29. The van der Waals surface area contributed by atoms with Crippen molar-refractivity contribution >= 4 is 21.8 Å². The zero-order chi connectivity index (χ0) is 15.4. The van der Waals surface area contributed by atoms with E-state index < -0.39 is 23.1 Å². The van der Waals surface area contributed by atoms with Gasteiger partial charge in [0.25, 0.3) is 5.91 Å². The van der Waals surface area contributed by atoms with Gasteiger partial charge in [-0.25, -0.2) is 8.78 Å². The molecule has 0 aliphatic rings. The highest BCUT2D eigenvalue weighted by atomic mass is 79.9. The molecule has 1 aromatic carbocycles. The van der Waals surface area contributed by atoms with Crippen LogP contribution in [-0.4, -0.2) is 22.3 Å². The molecular weight excluding hydrogens is 342 g/mol. The largest absolute Gasteiger partial charge is 0.333 e. The van der Waals surface area contributed by atoms with Crippen molar-refractivity contribution in [2.24, 2.45) is 0 Å². The lowest BCUT2D eigenvalue weighted by atomic mass is 10.1. The molecule has 0 unspecified atom stereocenters. The van der Waals surface area contributed by atoms with Crippen LogP contribution < -0.4 is 0 Å². The van der Waals surface area contributed by atoms with Crippen molar-refractivity contribution in [3.8, 4) is 0 Å². The standard InChI is InChI=1S/C15H13BrF2N2O/c1-2-20(9-11-5-3-4-6-19-11)15(21)14-12(17)7-10(16)8-13(14)18/h3-8H,2,9H2,1H3. The van der Waals surface area contributed by atoms with Crippen molar-refractivity contribution in [2.75, 3.05) is 6.54 Å². The van der Waals surface area contributed by atoms with E-state index >= 15 is 0 Å². The molecule has 1 amide bonds. The minimum absolute atomic E-state index is 0.200. The molecule has 0 fully saturated rings. The van der Waals surface area contributed by atoms with Crippen LogP contribution in [0.2, 0.25) is 0 Å². The Labute approximate surface area is 129 Å². The Bertz CT molecular complexity index is 626. The molecule has 0 spiro atoms. The van der Waals surface area contributed by atoms with Crippen LogP contribution >= 0.6 is 15.9 Å². The molecule has 0 radical (unpaired) electrons. The minimum Gasteiger partial charge on any atom is -0.333 e. The van der Waals surface area contributed by atoms with Gasteiger partial charge in [0.15, 0.2) is 0 Å². The summed E-state index contributed by atoms with van der Waals surface area (Å²) in [4.78, 5) is 17.8. The van der Waals surface area contributed by atoms with Gasteiger partial charge in [-0.3, -0.25) is 9.78 Å². The predicted octanol–water partition coefficient (Wildman–Crippen LogP) is 3.78. The molecule has 0 saturated carbocycles. The van der Waals surface area contributed by atoms with Gasteiger partial charge in [-0.05, 0) is 31.2 Å². The van der Waals surface area contributed by atoms with E-state index in [1.165, 1.54) is 4.90 Å². The number of pyridine rings is 1. The fourth-order valence-electron chi connectivity index (χ4n) is 1.92. The van der Waals surface area contributed by atoms with Crippen LogP contribution in [0.1, 0.15) is 23.0 Å². The summed E-state index contributed by atoms with van der Waals surface area (Å²) in [5.74, 6) is -2.46. The maximum atomic E-state index is 13.9. The molecule has 0 atom stereocenters. The first kappa shape index (κ1) is 15.6. The number of halogens is 3. The van der Waals surface area contributed by atoms with Gasteiger partial charge in [0.1, 0.15) is 17.2 Å². The maximum absolute atomic E-state index is 13.9. The van der Waals surface area contributed by atoms with E-state index in [1.54, 1.807) is 31.3 Å². The van der Waals surface area contributed by atoms with Crippen LogP contribution in [0, 0.1) is 11.6 Å². The quantitative estimate of drug-likeness (QED) is 0.836. The number of carbonyl (C=O) groups excluding carboxylic acids is 1. The molecule has 2 rings (SSSR count). The molecule has 0 N–H and O–H groups in total. The highest BCUT2D eigenvalue weighted by Gasteiger charge is 2.23. The zero-order valence-electron chi connectivity index (χ0n) is 11.3. The molecule has 0 saturated heterocycles. The van der Waals surface area contributed by atoms with Crippen molar-refractivity contribution < 1.29 is 13.6 Å². The average Bonchev–Trinajstić information content (AvgIpc) is 2.44. The van der Waals surface area contributed by atoms with Crippen LogP contribution in [0.3, 0.4) is 0 Å². The first-order chi connectivity index (χ1) is 10.0. The van der Waals surface area contributed by atoms with Crippen LogP contribution in [0.4, 0.5) is 8.78 Å². The van der Waals surface area contributed by atoms with E-state index in [4.69, 9.17) is 0 Å².